The Morgan fingerprint density at radius 3 is 2.76 bits per heavy atom. The van der Waals surface area contributed by atoms with Crippen LogP contribution < -0.4 is 20.1 Å². The molecule has 4 rings (SSSR count). The van der Waals surface area contributed by atoms with Crippen LogP contribution in [0.1, 0.15) is 24.1 Å². The fourth-order valence-corrected chi connectivity index (χ4v) is 3.97. The molecule has 2 aliphatic rings. The van der Waals surface area contributed by atoms with Gasteiger partial charge in [-0.2, -0.15) is 0 Å². The summed E-state index contributed by atoms with van der Waals surface area (Å²) in [5.74, 6) is 0.0963. The molecule has 1 unspecified atom stereocenters. The number of urea groups is 1. The summed E-state index contributed by atoms with van der Waals surface area (Å²) in [6.45, 7) is 3.80. The molecule has 3 amide bonds. The Kier molecular flexibility index (Phi) is 6.21. The number of methoxy groups -OCH3 is 1. The Hall–Kier alpha value is -4.01. The number of benzene rings is 2. The van der Waals surface area contributed by atoms with Crippen molar-refractivity contribution in [2.24, 2.45) is 0 Å². The second-order valence-corrected chi connectivity index (χ2v) is 7.63. The van der Waals surface area contributed by atoms with Gasteiger partial charge in [0.2, 0.25) is 5.91 Å². The third-order valence-corrected chi connectivity index (χ3v) is 5.46. The first kappa shape index (κ1) is 22.2. The topological polar surface area (TPSA) is 106 Å². The van der Waals surface area contributed by atoms with E-state index in [9.17, 15) is 14.4 Å². The van der Waals surface area contributed by atoms with Crippen molar-refractivity contribution in [3.63, 3.8) is 0 Å². The zero-order valence-corrected chi connectivity index (χ0v) is 18.6. The second kappa shape index (κ2) is 9.23. The maximum Gasteiger partial charge on any atom is 0.338 e. The summed E-state index contributed by atoms with van der Waals surface area (Å²) in [4.78, 5) is 39.7. The Labute approximate surface area is 191 Å². The highest BCUT2D eigenvalue weighted by atomic mass is 16.5. The molecule has 9 heteroatoms. The van der Waals surface area contributed by atoms with Crippen LogP contribution in [0.25, 0.3) is 0 Å². The van der Waals surface area contributed by atoms with E-state index in [-0.39, 0.29) is 13.2 Å². The number of nitrogens with zero attached hydrogens (tertiary/aromatic N) is 1. The number of para-hydroxylation sites is 1. The van der Waals surface area contributed by atoms with E-state index >= 15 is 0 Å². The molecular formula is C24H25N3O6. The predicted molar refractivity (Wildman–Crippen MR) is 120 cm³/mol. The lowest BCUT2D eigenvalue weighted by molar-refractivity contribution is -0.136. The minimum atomic E-state index is -0.735. The highest BCUT2D eigenvalue weighted by Crippen LogP contribution is 2.38. The average Bonchev–Trinajstić information content (AvgIpc) is 3.18. The maximum absolute atomic E-state index is 13.0. The molecule has 0 aromatic heterocycles. The van der Waals surface area contributed by atoms with Gasteiger partial charge < -0.3 is 24.8 Å². The van der Waals surface area contributed by atoms with Crippen molar-refractivity contribution in [2.75, 3.05) is 32.2 Å². The highest BCUT2D eigenvalue weighted by Gasteiger charge is 2.43. The number of ether oxygens (including phenoxy) is 3. The lowest BCUT2D eigenvalue weighted by Crippen LogP contribution is -2.49. The van der Waals surface area contributed by atoms with Gasteiger partial charge >= 0.3 is 12.0 Å². The largest absolute Gasteiger partial charge is 0.495 e. The van der Waals surface area contributed by atoms with Crippen molar-refractivity contribution in [1.82, 2.24) is 10.2 Å². The van der Waals surface area contributed by atoms with Gasteiger partial charge in [-0.05, 0) is 37.6 Å². The summed E-state index contributed by atoms with van der Waals surface area (Å²) in [5.41, 5.74) is 2.75. The van der Waals surface area contributed by atoms with Gasteiger partial charge in [-0.3, -0.25) is 9.69 Å². The summed E-state index contributed by atoms with van der Waals surface area (Å²) >= 11 is 0. The molecule has 0 spiro atoms. The maximum atomic E-state index is 13.0. The third kappa shape index (κ3) is 4.34. The molecule has 33 heavy (non-hydrogen) atoms. The second-order valence-electron chi connectivity index (χ2n) is 7.63. The molecule has 2 aromatic carbocycles. The molecule has 172 valence electrons. The standard InChI is InChI=1S/C24H25N3O6/c1-4-32-18-8-6-5-7-15(18)22-21-17(13-33-23(21)29)27(24(30)26-22)12-20(28)25-16-11-14(2)9-10-19(16)31-3/h5-11,22H,4,12-13H2,1-3H3,(H,25,28)(H,26,30). The molecular weight excluding hydrogens is 426 g/mol. The number of anilines is 1. The minimum absolute atomic E-state index is 0.0874. The summed E-state index contributed by atoms with van der Waals surface area (Å²) in [7, 11) is 1.51. The van der Waals surface area contributed by atoms with Crippen molar-refractivity contribution < 1.29 is 28.6 Å². The number of aryl methyl sites for hydroxylation is 1. The van der Waals surface area contributed by atoms with Crippen LogP contribution in [0, 0.1) is 6.92 Å². The SMILES string of the molecule is CCOc1ccccc1C1NC(=O)N(CC(=O)Nc2cc(C)ccc2OC)C2=C1C(=O)OC2. The number of nitrogens with one attached hydrogen (secondary N) is 2. The first-order chi connectivity index (χ1) is 15.9. The molecule has 0 bridgehead atoms. The lowest BCUT2D eigenvalue weighted by Gasteiger charge is -2.33. The van der Waals surface area contributed by atoms with E-state index in [1.807, 2.05) is 26.0 Å². The van der Waals surface area contributed by atoms with Crippen LogP contribution in [0.3, 0.4) is 0 Å². The van der Waals surface area contributed by atoms with E-state index in [1.54, 1.807) is 30.3 Å². The van der Waals surface area contributed by atoms with Gasteiger partial charge in [0.25, 0.3) is 0 Å². The van der Waals surface area contributed by atoms with Crippen LogP contribution in [0.2, 0.25) is 0 Å². The Balaban J connectivity index is 1.62. The van der Waals surface area contributed by atoms with Crippen molar-refractivity contribution in [3.05, 3.63) is 64.9 Å². The van der Waals surface area contributed by atoms with Crippen molar-refractivity contribution in [3.8, 4) is 11.5 Å². The number of carbonyl (C=O) groups is 3. The van der Waals surface area contributed by atoms with Gasteiger partial charge in [0, 0.05) is 5.56 Å². The fraction of sp³-hybridized carbons (Fsp3) is 0.292. The third-order valence-electron chi connectivity index (χ3n) is 5.46. The van der Waals surface area contributed by atoms with Crippen molar-refractivity contribution in [2.45, 2.75) is 19.9 Å². The monoisotopic (exact) mass is 451 g/mol. The molecule has 0 saturated heterocycles. The zero-order chi connectivity index (χ0) is 23.5. The number of hydrogen-bond acceptors (Lipinski definition) is 6. The highest BCUT2D eigenvalue weighted by molar-refractivity contribution is 6.00. The van der Waals surface area contributed by atoms with Crippen LogP contribution in [-0.4, -0.2) is 49.7 Å². The van der Waals surface area contributed by atoms with Crippen LogP contribution >= 0.6 is 0 Å². The normalized spacial score (nSPS) is 17.3. The quantitative estimate of drug-likeness (QED) is 0.627. The van der Waals surface area contributed by atoms with Crippen LogP contribution in [0.15, 0.2) is 53.7 Å². The van der Waals surface area contributed by atoms with Gasteiger partial charge in [0.05, 0.1) is 36.7 Å². The van der Waals surface area contributed by atoms with Gasteiger partial charge in [-0.15, -0.1) is 0 Å². The van der Waals surface area contributed by atoms with Crippen LogP contribution in [-0.2, 0) is 14.3 Å². The van der Waals surface area contributed by atoms with Crippen LogP contribution in [0.5, 0.6) is 11.5 Å². The van der Waals surface area contributed by atoms with E-state index in [4.69, 9.17) is 14.2 Å². The molecule has 0 saturated carbocycles. The average molecular weight is 451 g/mol. The molecule has 2 aromatic rings. The van der Waals surface area contributed by atoms with Crippen molar-refractivity contribution >= 4 is 23.6 Å². The lowest BCUT2D eigenvalue weighted by atomic mass is 9.95. The Bertz CT molecular complexity index is 1140. The Morgan fingerprint density at radius 1 is 1.21 bits per heavy atom. The van der Waals surface area contributed by atoms with E-state index in [2.05, 4.69) is 10.6 Å². The van der Waals surface area contributed by atoms with Gasteiger partial charge in [0.1, 0.15) is 24.7 Å². The molecule has 0 radical (unpaired) electrons. The molecule has 9 nitrogen and oxygen atoms in total. The zero-order valence-electron chi connectivity index (χ0n) is 18.6. The molecule has 2 aliphatic heterocycles. The number of esters is 1. The number of hydrogen-bond donors (Lipinski definition) is 2. The van der Waals surface area contributed by atoms with Crippen LogP contribution in [0.4, 0.5) is 10.5 Å². The minimum Gasteiger partial charge on any atom is -0.495 e. The molecule has 0 fully saturated rings. The molecule has 0 aliphatic carbocycles. The number of carbonyl (C=O) groups excluding carboxylic acids is 3. The number of amides is 3. The summed E-state index contributed by atoms with van der Waals surface area (Å²) in [6.07, 6.45) is 0. The van der Waals surface area contributed by atoms with E-state index in [1.165, 1.54) is 12.0 Å². The smallest absolute Gasteiger partial charge is 0.338 e. The molecule has 2 N–H and O–H groups in total. The van der Waals surface area contributed by atoms with Gasteiger partial charge in [-0.1, -0.05) is 24.3 Å². The first-order valence-electron chi connectivity index (χ1n) is 10.6. The fourth-order valence-electron chi connectivity index (χ4n) is 3.97. The molecule has 2 heterocycles. The predicted octanol–water partition coefficient (Wildman–Crippen LogP) is 2.92. The summed E-state index contributed by atoms with van der Waals surface area (Å²) in [5, 5.41) is 5.60. The summed E-state index contributed by atoms with van der Waals surface area (Å²) < 4.78 is 16.2. The summed E-state index contributed by atoms with van der Waals surface area (Å²) in [6, 6.07) is 11.3. The van der Waals surface area contributed by atoms with E-state index in [0.29, 0.717) is 40.6 Å². The molecule has 1 atom stereocenters. The Morgan fingerprint density at radius 2 is 2.00 bits per heavy atom. The van der Waals surface area contributed by atoms with Gasteiger partial charge in [-0.25, -0.2) is 9.59 Å². The number of rotatable bonds is 7. The van der Waals surface area contributed by atoms with E-state index < -0.39 is 23.9 Å². The van der Waals surface area contributed by atoms with Crippen molar-refractivity contribution in [1.29, 1.82) is 0 Å². The van der Waals surface area contributed by atoms with Gasteiger partial charge in [0.15, 0.2) is 0 Å². The van der Waals surface area contributed by atoms with E-state index in [0.717, 1.165) is 5.56 Å². The first-order valence-corrected chi connectivity index (χ1v) is 10.6. The number of cyclic esters (lactones) is 1.